The van der Waals surface area contributed by atoms with Crippen LogP contribution in [0, 0.1) is 0 Å². The van der Waals surface area contributed by atoms with E-state index in [1.54, 1.807) is 0 Å². The van der Waals surface area contributed by atoms with E-state index in [1.807, 2.05) is 0 Å². The first-order valence-electron chi connectivity index (χ1n) is 29.2. The molecule has 4 N–H and O–H groups in total. The van der Waals surface area contributed by atoms with Crippen LogP contribution in [0.5, 0.6) is 0 Å². The summed E-state index contributed by atoms with van der Waals surface area (Å²) in [7, 11) is -4.60. The van der Waals surface area contributed by atoms with E-state index in [4.69, 9.17) is 18.9 Å². The van der Waals surface area contributed by atoms with Crippen molar-refractivity contribution >= 4 is 22.1 Å². The Morgan fingerprint density at radius 2 is 0.814 bits per heavy atom. The van der Waals surface area contributed by atoms with Crippen LogP contribution in [0.2, 0.25) is 0 Å². The molecule has 0 saturated carbocycles. The van der Waals surface area contributed by atoms with E-state index >= 15 is 0 Å². The fourth-order valence-electron chi connectivity index (χ4n) is 9.32. The summed E-state index contributed by atoms with van der Waals surface area (Å²) in [5.41, 5.74) is 0. The molecule has 1 saturated heterocycles. The summed E-state index contributed by atoms with van der Waals surface area (Å²) in [6, 6.07) is 0. The summed E-state index contributed by atoms with van der Waals surface area (Å²) in [6.07, 6.45) is 45.4. The van der Waals surface area contributed by atoms with E-state index in [1.165, 1.54) is 205 Å². The lowest BCUT2D eigenvalue weighted by Crippen LogP contribution is -2.60. The molecule has 1 aliphatic rings. The van der Waals surface area contributed by atoms with Gasteiger partial charge in [0, 0.05) is 12.8 Å². The fraction of sp³-hybridized carbons (Fsp3) is 0.930. The number of carbonyl (C=O) groups is 2. The van der Waals surface area contributed by atoms with Crippen LogP contribution in [-0.4, -0.2) is 96.0 Å². The number of esters is 2. The Bertz CT molecular complexity index is 1330. The second kappa shape index (κ2) is 47.1. The van der Waals surface area contributed by atoms with Gasteiger partial charge in [-0.2, -0.15) is 8.42 Å². The summed E-state index contributed by atoms with van der Waals surface area (Å²) in [5.74, 6) is -1.96. The number of hydrogen-bond donors (Lipinski definition) is 4. The van der Waals surface area contributed by atoms with E-state index in [9.17, 15) is 37.9 Å². The molecule has 1 aliphatic heterocycles. The van der Waals surface area contributed by atoms with Gasteiger partial charge in [0.25, 0.3) is 10.1 Å². The third kappa shape index (κ3) is 40.8. The van der Waals surface area contributed by atoms with E-state index in [-0.39, 0.29) is 19.4 Å². The van der Waals surface area contributed by atoms with Crippen molar-refractivity contribution < 1.29 is 56.8 Å². The minimum absolute atomic E-state index is 0.171. The molecule has 0 aliphatic carbocycles. The Balaban J connectivity index is 2.29. The summed E-state index contributed by atoms with van der Waals surface area (Å²) < 4.78 is 54.4. The number of allylic oxidation sites excluding steroid dienone is 2. The third-order valence-corrected chi connectivity index (χ3v) is 14.6. The molecule has 414 valence electrons. The van der Waals surface area contributed by atoms with Gasteiger partial charge in [0.2, 0.25) is 0 Å². The number of carbonyl (C=O) groups excluding carboxylic acids is 2. The number of rotatable bonds is 51. The highest BCUT2D eigenvalue weighted by molar-refractivity contribution is 7.85. The average molecular weight is 1020 g/mol. The van der Waals surface area contributed by atoms with Crippen LogP contribution < -0.4 is 0 Å². The molecule has 0 spiro atoms. The van der Waals surface area contributed by atoms with Gasteiger partial charge in [-0.15, -0.1) is 0 Å². The van der Waals surface area contributed by atoms with Crippen molar-refractivity contribution in [1.82, 2.24) is 0 Å². The first kappa shape index (κ1) is 66.4. The van der Waals surface area contributed by atoms with Gasteiger partial charge < -0.3 is 34.3 Å². The molecule has 0 bridgehead atoms. The molecule has 0 radical (unpaired) electrons. The van der Waals surface area contributed by atoms with Gasteiger partial charge in [-0.1, -0.05) is 244 Å². The highest BCUT2D eigenvalue weighted by atomic mass is 32.2. The van der Waals surface area contributed by atoms with E-state index in [0.717, 1.165) is 38.5 Å². The minimum atomic E-state index is -4.60. The Labute approximate surface area is 428 Å². The lowest BCUT2D eigenvalue weighted by molar-refractivity contribution is -0.297. The minimum Gasteiger partial charge on any atom is -0.462 e. The topological polar surface area (TPSA) is 186 Å². The molecule has 0 aromatic carbocycles. The van der Waals surface area contributed by atoms with Gasteiger partial charge in [0.15, 0.2) is 12.4 Å². The maximum absolute atomic E-state index is 12.9. The highest BCUT2D eigenvalue weighted by Gasteiger charge is 2.46. The van der Waals surface area contributed by atoms with Gasteiger partial charge in [-0.3, -0.25) is 14.1 Å². The normalized spacial score (nSPS) is 19.0. The Kier molecular flexibility index (Phi) is 44.7. The molecule has 2 unspecified atom stereocenters. The molecule has 1 rings (SSSR count). The van der Waals surface area contributed by atoms with Gasteiger partial charge in [0.1, 0.15) is 36.8 Å². The van der Waals surface area contributed by atoms with E-state index in [2.05, 4.69) is 26.0 Å². The monoisotopic (exact) mass is 1020 g/mol. The number of unbranched alkanes of at least 4 members (excludes halogenated alkanes) is 37. The Hall–Kier alpha value is -1.61. The first-order chi connectivity index (χ1) is 34.0. The van der Waals surface area contributed by atoms with Crippen molar-refractivity contribution in [2.45, 2.75) is 320 Å². The summed E-state index contributed by atoms with van der Waals surface area (Å²) in [6.45, 7) is 3.82. The van der Waals surface area contributed by atoms with Crippen molar-refractivity contribution in [3.8, 4) is 0 Å². The lowest BCUT2D eigenvalue weighted by Gasteiger charge is -2.40. The van der Waals surface area contributed by atoms with Gasteiger partial charge in [-0.05, 0) is 38.5 Å². The summed E-state index contributed by atoms with van der Waals surface area (Å²) in [5, 5.41) is 31.1. The van der Waals surface area contributed by atoms with Crippen LogP contribution in [-0.2, 0) is 38.7 Å². The SMILES string of the molecule is CCCCCCCC/C=C/CCCCCCCCCCCCCC(=O)OC[C@H](CO[C@H]1O[C@H](CS(=O)(=O)O)[C@@H](O)C(O)C1O)OC(=O)CCCCCCCCCCCCCCCCCCCCCCC. The van der Waals surface area contributed by atoms with Crippen LogP contribution in [0.15, 0.2) is 12.2 Å². The molecule has 12 nitrogen and oxygen atoms in total. The highest BCUT2D eigenvalue weighted by Crippen LogP contribution is 2.24. The first-order valence-corrected chi connectivity index (χ1v) is 30.9. The fourth-order valence-corrected chi connectivity index (χ4v) is 10.0. The third-order valence-electron chi connectivity index (χ3n) is 13.8. The predicted octanol–water partition coefficient (Wildman–Crippen LogP) is 14.1. The standard InChI is InChI=1S/C57H108O12S/c1-3-5-7-9-11-13-15-17-19-21-23-25-27-29-31-33-35-37-39-41-43-45-52(58)66-47-50(48-67-57-56(62)55(61)54(60)51(69-57)49-70(63,64)65)68-53(59)46-44-42-40-38-36-34-32-30-28-26-24-22-20-18-16-14-12-10-8-6-4-2/h17,19,50-51,54-57,60-62H,3-16,18,20-49H2,1-2H3,(H,63,64,65)/b19-17+/t50-,51-,54-,55?,56?,57+/m1/s1. The zero-order chi connectivity index (χ0) is 51.2. The second-order valence-corrected chi connectivity index (χ2v) is 22.2. The van der Waals surface area contributed by atoms with Crippen LogP contribution in [0.1, 0.15) is 284 Å². The average Bonchev–Trinajstić information content (AvgIpc) is 3.33. The predicted molar refractivity (Wildman–Crippen MR) is 284 cm³/mol. The van der Waals surface area contributed by atoms with Gasteiger partial charge in [-0.25, -0.2) is 0 Å². The Morgan fingerprint density at radius 1 is 0.471 bits per heavy atom. The Morgan fingerprint density at radius 3 is 1.19 bits per heavy atom. The molecular formula is C57H108O12S. The number of hydrogen-bond acceptors (Lipinski definition) is 11. The van der Waals surface area contributed by atoms with Crippen molar-refractivity contribution in [3.63, 3.8) is 0 Å². The molecule has 13 heteroatoms. The maximum Gasteiger partial charge on any atom is 0.306 e. The van der Waals surface area contributed by atoms with Crippen LogP contribution in [0.25, 0.3) is 0 Å². The molecule has 70 heavy (non-hydrogen) atoms. The zero-order valence-electron chi connectivity index (χ0n) is 44.9. The van der Waals surface area contributed by atoms with Crippen molar-refractivity contribution in [3.05, 3.63) is 12.2 Å². The smallest absolute Gasteiger partial charge is 0.306 e. The molecule has 0 amide bonds. The molecule has 6 atom stereocenters. The van der Waals surface area contributed by atoms with Gasteiger partial charge >= 0.3 is 11.9 Å². The molecule has 1 fully saturated rings. The zero-order valence-corrected chi connectivity index (χ0v) is 45.7. The molecule has 0 aromatic heterocycles. The number of ether oxygens (including phenoxy) is 4. The molecule has 1 heterocycles. The van der Waals surface area contributed by atoms with Gasteiger partial charge in [0.05, 0.1) is 6.61 Å². The van der Waals surface area contributed by atoms with Crippen LogP contribution in [0.3, 0.4) is 0 Å². The largest absolute Gasteiger partial charge is 0.462 e. The summed E-state index contributed by atoms with van der Waals surface area (Å²) in [4.78, 5) is 25.6. The quantitative estimate of drug-likeness (QED) is 0.0196. The van der Waals surface area contributed by atoms with E-state index < -0.39 is 71.2 Å². The lowest BCUT2D eigenvalue weighted by atomic mass is 10.00. The maximum atomic E-state index is 12.9. The second-order valence-electron chi connectivity index (χ2n) is 20.7. The van der Waals surface area contributed by atoms with Crippen molar-refractivity contribution in [1.29, 1.82) is 0 Å². The van der Waals surface area contributed by atoms with Crippen molar-refractivity contribution in [2.24, 2.45) is 0 Å². The van der Waals surface area contributed by atoms with Crippen molar-refractivity contribution in [2.75, 3.05) is 19.0 Å². The number of aliphatic hydroxyl groups is 3. The molecular weight excluding hydrogens is 909 g/mol. The summed E-state index contributed by atoms with van der Waals surface area (Å²) >= 11 is 0. The van der Waals surface area contributed by atoms with Crippen LogP contribution in [0.4, 0.5) is 0 Å². The van der Waals surface area contributed by atoms with Crippen LogP contribution >= 0.6 is 0 Å². The number of aliphatic hydroxyl groups excluding tert-OH is 3. The van der Waals surface area contributed by atoms with E-state index in [0.29, 0.717) is 12.8 Å². The molecule has 0 aromatic rings.